The van der Waals surface area contributed by atoms with Crippen molar-refractivity contribution in [2.45, 2.75) is 19.3 Å². The fourth-order valence-corrected chi connectivity index (χ4v) is 3.66. The van der Waals surface area contributed by atoms with Crippen LogP contribution in [0.2, 0.25) is 0 Å². The van der Waals surface area contributed by atoms with Crippen molar-refractivity contribution in [3.8, 4) is 0 Å². The van der Waals surface area contributed by atoms with Crippen LogP contribution in [-0.2, 0) is 0 Å². The number of amides is 1. The van der Waals surface area contributed by atoms with Crippen molar-refractivity contribution in [2.24, 2.45) is 0 Å². The highest BCUT2D eigenvalue weighted by Crippen LogP contribution is 2.30. The summed E-state index contributed by atoms with van der Waals surface area (Å²) >= 11 is 0. The van der Waals surface area contributed by atoms with Gasteiger partial charge in [0.1, 0.15) is 11.3 Å². The number of aromatic carboxylic acids is 1. The molecule has 26 heavy (non-hydrogen) atoms. The van der Waals surface area contributed by atoms with Crippen molar-refractivity contribution in [3.05, 3.63) is 71.2 Å². The molecule has 0 radical (unpaired) electrons. The lowest BCUT2D eigenvalue weighted by atomic mass is 9.93. The number of aryl methyl sites for hydroxylation is 1. The van der Waals surface area contributed by atoms with E-state index >= 15 is 0 Å². The molecular weight excluding hydrogens is 330 g/mol. The van der Waals surface area contributed by atoms with Crippen molar-refractivity contribution in [1.29, 1.82) is 0 Å². The van der Waals surface area contributed by atoms with Crippen LogP contribution < -0.4 is 0 Å². The maximum Gasteiger partial charge on any atom is 0.335 e. The highest BCUT2D eigenvalue weighted by molar-refractivity contribution is 5.93. The van der Waals surface area contributed by atoms with E-state index in [9.17, 15) is 14.7 Å². The first kappa shape index (κ1) is 16.3. The zero-order valence-electron chi connectivity index (χ0n) is 14.4. The van der Waals surface area contributed by atoms with Gasteiger partial charge in [-0.15, -0.1) is 0 Å². The Morgan fingerprint density at radius 3 is 2.73 bits per heavy atom. The normalized spacial score (nSPS) is 17.0. The summed E-state index contributed by atoms with van der Waals surface area (Å²) < 4.78 is 1.90. The first-order valence-electron chi connectivity index (χ1n) is 8.61. The number of likely N-dealkylation sites (tertiary alicyclic amines) is 1. The third-order valence-electron chi connectivity index (χ3n) is 5.02. The Hall–Kier alpha value is -3.15. The fraction of sp³-hybridized carbons (Fsp3) is 0.250. The molecule has 0 unspecified atom stereocenters. The van der Waals surface area contributed by atoms with Crippen LogP contribution >= 0.6 is 0 Å². The SMILES string of the molecule is Cc1cccc2nc(C(=O)N3CC[C@@H](c4ccccc4C(=O)O)C3)cn12. The van der Waals surface area contributed by atoms with Gasteiger partial charge in [-0.2, -0.15) is 0 Å². The Kier molecular flexibility index (Phi) is 3.95. The van der Waals surface area contributed by atoms with Crippen LogP contribution in [-0.4, -0.2) is 44.4 Å². The van der Waals surface area contributed by atoms with Gasteiger partial charge in [0.25, 0.3) is 5.91 Å². The number of carboxylic acid groups (broad SMARTS) is 1. The molecule has 1 aromatic carbocycles. The van der Waals surface area contributed by atoms with Crippen molar-refractivity contribution in [3.63, 3.8) is 0 Å². The van der Waals surface area contributed by atoms with Gasteiger partial charge in [0, 0.05) is 30.9 Å². The molecular formula is C20H19N3O3. The molecule has 4 rings (SSSR count). The van der Waals surface area contributed by atoms with Gasteiger partial charge in [0.05, 0.1) is 5.56 Å². The average Bonchev–Trinajstić information content (AvgIpc) is 3.29. The third-order valence-corrected chi connectivity index (χ3v) is 5.02. The zero-order valence-corrected chi connectivity index (χ0v) is 14.4. The quantitative estimate of drug-likeness (QED) is 0.789. The molecule has 1 fully saturated rings. The number of carbonyl (C=O) groups is 2. The topological polar surface area (TPSA) is 74.9 Å². The van der Waals surface area contributed by atoms with Crippen LogP contribution in [0, 0.1) is 6.92 Å². The summed E-state index contributed by atoms with van der Waals surface area (Å²) in [7, 11) is 0. The number of rotatable bonds is 3. The van der Waals surface area contributed by atoms with Gasteiger partial charge in [0.2, 0.25) is 0 Å². The van der Waals surface area contributed by atoms with Gasteiger partial charge in [0.15, 0.2) is 0 Å². The minimum Gasteiger partial charge on any atom is -0.478 e. The first-order chi connectivity index (χ1) is 12.5. The Labute approximate surface area is 150 Å². The Balaban J connectivity index is 1.57. The fourth-order valence-electron chi connectivity index (χ4n) is 3.66. The molecule has 0 aliphatic carbocycles. The van der Waals surface area contributed by atoms with Crippen LogP contribution in [0.4, 0.5) is 0 Å². The molecule has 0 saturated carbocycles. The summed E-state index contributed by atoms with van der Waals surface area (Å²) in [6.07, 6.45) is 2.52. The van der Waals surface area contributed by atoms with E-state index in [1.807, 2.05) is 41.7 Å². The van der Waals surface area contributed by atoms with Gasteiger partial charge in [-0.1, -0.05) is 24.3 Å². The van der Waals surface area contributed by atoms with Crippen molar-refractivity contribution >= 4 is 17.5 Å². The first-order valence-corrected chi connectivity index (χ1v) is 8.61. The molecule has 3 aromatic rings. The molecule has 0 bridgehead atoms. The van der Waals surface area contributed by atoms with Crippen molar-refractivity contribution in [1.82, 2.24) is 14.3 Å². The predicted molar refractivity (Wildman–Crippen MR) is 96.6 cm³/mol. The molecule has 1 aliphatic rings. The van der Waals surface area contributed by atoms with Gasteiger partial charge >= 0.3 is 5.97 Å². The Morgan fingerprint density at radius 1 is 1.15 bits per heavy atom. The molecule has 0 spiro atoms. The number of nitrogens with zero attached hydrogens (tertiary/aromatic N) is 3. The highest BCUT2D eigenvalue weighted by Gasteiger charge is 2.31. The lowest BCUT2D eigenvalue weighted by molar-refractivity contribution is 0.0695. The molecule has 1 saturated heterocycles. The van der Waals surface area contributed by atoms with Crippen molar-refractivity contribution in [2.75, 3.05) is 13.1 Å². The number of benzene rings is 1. The molecule has 6 heteroatoms. The monoisotopic (exact) mass is 349 g/mol. The smallest absolute Gasteiger partial charge is 0.335 e. The molecule has 1 amide bonds. The number of carboxylic acids is 1. The Morgan fingerprint density at radius 2 is 1.96 bits per heavy atom. The Bertz CT molecular complexity index is 1010. The maximum atomic E-state index is 12.9. The zero-order chi connectivity index (χ0) is 18.3. The van der Waals surface area contributed by atoms with E-state index in [1.165, 1.54) is 0 Å². The van der Waals surface area contributed by atoms with E-state index in [0.29, 0.717) is 24.3 Å². The number of hydrogen-bond donors (Lipinski definition) is 1. The van der Waals surface area contributed by atoms with Crippen molar-refractivity contribution < 1.29 is 14.7 Å². The van der Waals surface area contributed by atoms with Gasteiger partial charge in [-0.3, -0.25) is 4.79 Å². The van der Waals surface area contributed by atoms with Crippen LogP contribution in [0.3, 0.4) is 0 Å². The minimum atomic E-state index is -0.929. The summed E-state index contributed by atoms with van der Waals surface area (Å²) in [6, 6.07) is 12.8. The van der Waals surface area contributed by atoms with E-state index in [0.717, 1.165) is 23.3 Å². The maximum absolute atomic E-state index is 12.9. The number of aromatic nitrogens is 2. The molecule has 6 nitrogen and oxygen atoms in total. The van der Waals surface area contributed by atoms with Crippen LogP contribution in [0.5, 0.6) is 0 Å². The molecule has 2 aromatic heterocycles. The average molecular weight is 349 g/mol. The van der Waals surface area contributed by atoms with E-state index in [4.69, 9.17) is 0 Å². The van der Waals surface area contributed by atoms with Gasteiger partial charge in [-0.25, -0.2) is 9.78 Å². The summed E-state index contributed by atoms with van der Waals surface area (Å²) in [4.78, 5) is 30.5. The highest BCUT2D eigenvalue weighted by atomic mass is 16.4. The van der Waals surface area contributed by atoms with Crippen LogP contribution in [0.1, 0.15) is 44.4 Å². The molecule has 3 heterocycles. The predicted octanol–water partition coefficient (Wildman–Crippen LogP) is 2.97. The second-order valence-corrected chi connectivity index (χ2v) is 6.65. The molecule has 132 valence electrons. The van der Waals surface area contributed by atoms with Crippen LogP contribution in [0.25, 0.3) is 5.65 Å². The summed E-state index contributed by atoms with van der Waals surface area (Å²) in [5, 5.41) is 9.39. The van der Waals surface area contributed by atoms with E-state index in [1.54, 1.807) is 23.2 Å². The molecule has 1 N–H and O–H groups in total. The van der Waals surface area contributed by atoms with Gasteiger partial charge in [-0.05, 0) is 37.1 Å². The van der Waals surface area contributed by atoms with Gasteiger partial charge < -0.3 is 14.4 Å². The summed E-state index contributed by atoms with van der Waals surface area (Å²) in [5.41, 5.74) is 3.30. The standard InChI is InChI=1S/C20H19N3O3/c1-13-5-4-8-18-21-17(12-23(13)18)19(24)22-10-9-14(11-22)15-6-2-3-7-16(15)20(25)26/h2-8,12,14H,9-11H2,1H3,(H,25,26)/t14-/m1/s1. The largest absolute Gasteiger partial charge is 0.478 e. The summed E-state index contributed by atoms with van der Waals surface area (Å²) in [6.45, 7) is 3.08. The number of pyridine rings is 1. The van der Waals surface area contributed by atoms with Crippen LogP contribution in [0.15, 0.2) is 48.7 Å². The summed E-state index contributed by atoms with van der Waals surface area (Å²) in [5.74, 6) is -1.00. The van der Waals surface area contributed by atoms with E-state index in [-0.39, 0.29) is 11.8 Å². The molecule has 1 atom stereocenters. The lowest BCUT2D eigenvalue weighted by Gasteiger charge is -2.16. The second-order valence-electron chi connectivity index (χ2n) is 6.65. The second kappa shape index (κ2) is 6.29. The lowest BCUT2D eigenvalue weighted by Crippen LogP contribution is -2.28. The number of fused-ring (bicyclic) bond motifs is 1. The number of carbonyl (C=O) groups excluding carboxylic acids is 1. The number of hydrogen-bond acceptors (Lipinski definition) is 3. The third kappa shape index (κ3) is 2.73. The molecule has 1 aliphatic heterocycles. The number of imidazole rings is 1. The van der Waals surface area contributed by atoms with E-state index < -0.39 is 5.97 Å². The minimum absolute atomic E-state index is 0.0324. The van der Waals surface area contributed by atoms with E-state index in [2.05, 4.69) is 4.98 Å².